The highest BCUT2D eigenvalue weighted by molar-refractivity contribution is 5.73. The number of carboxylic acids is 4. The smallest absolute Gasteiger partial charge is 0.317 e. The minimum Gasteiger partial charge on any atom is -0.480 e. The van der Waals surface area contributed by atoms with Gasteiger partial charge >= 0.3 is 23.9 Å². The van der Waals surface area contributed by atoms with E-state index in [4.69, 9.17) is 81.7 Å². The number of rotatable bonds is 35. The lowest BCUT2D eigenvalue weighted by molar-refractivity contribution is -0.145. The van der Waals surface area contributed by atoms with Crippen LogP contribution in [0, 0.1) is 0 Å². The lowest BCUT2D eigenvalue weighted by Crippen LogP contribution is -2.43. The van der Waals surface area contributed by atoms with E-state index in [0.29, 0.717) is 78.5 Å². The third-order valence-electron chi connectivity index (χ3n) is 7.16. The van der Waals surface area contributed by atoms with Crippen LogP contribution in [-0.4, -0.2) is 332 Å². The van der Waals surface area contributed by atoms with Crippen LogP contribution in [-0.2, 0) is 19.2 Å². The van der Waals surface area contributed by atoms with Crippen molar-refractivity contribution >= 4 is 23.9 Å². The Labute approximate surface area is 351 Å². The first-order chi connectivity index (χ1) is 28.6. The molecular formula is C34H76N6O20. The van der Waals surface area contributed by atoms with Gasteiger partial charge in [0.25, 0.3) is 0 Å². The number of carboxylic acid groups (broad SMARTS) is 4. The molecule has 0 aliphatic heterocycles. The van der Waals surface area contributed by atoms with Gasteiger partial charge < -0.3 is 81.7 Å². The van der Waals surface area contributed by atoms with E-state index in [-0.39, 0.29) is 92.4 Å². The molecule has 0 amide bonds. The van der Waals surface area contributed by atoms with Gasteiger partial charge in [-0.15, -0.1) is 0 Å². The molecule has 0 unspecified atom stereocenters. The quantitative estimate of drug-likeness (QED) is 0.0281. The fraction of sp³-hybridized carbons (Fsp3) is 0.882. The predicted octanol–water partition coefficient (Wildman–Crippen LogP) is -9.01. The van der Waals surface area contributed by atoms with E-state index >= 15 is 0 Å². The van der Waals surface area contributed by atoms with E-state index in [2.05, 4.69) is 0 Å². The molecule has 0 bridgehead atoms. The van der Waals surface area contributed by atoms with Crippen LogP contribution in [0.15, 0.2) is 0 Å². The standard InChI is InChI=1S/C10H16N2O8.4C6H15NO3/c13-7(14)3-11(4-8(15)16)1-2-12(5-9(17)18)6-10(19)20;4*8-4-1-7(2-5-9)3-6-10/h1-6H2,(H,13,14)(H,15,16)(H,17,18)(H,19,20);4*8-10H,1-6H2. The third-order valence-corrected chi connectivity index (χ3v) is 7.16. The van der Waals surface area contributed by atoms with E-state index in [1.165, 1.54) is 0 Å². The summed E-state index contributed by atoms with van der Waals surface area (Å²) in [6.45, 7) is 4.76. The van der Waals surface area contributed by atoms with Crippen LogP contribution in [0.25, 0.3) is 0 Å². The Morgan fingerprint density at radius 2 is 0.333 bits per heavy atom. The van der Waals surface area contributed by atoms with Crippen LogP contribution >= 0.6 is 0 Å². The molecule has 0 aliphatic rings. The van der Waals surface area contributed by atoms with E-state index in [1.54, 1.807) is 19.6 Å². The van der Waals surface area contributed by atoms with Gasteiger partial charge in [-0.25, -0.2) is 0 Å². The van der Waals surface area contributed by atoms with Crippen LogP contribution < -0.4 is 0 Å². The van der Waals surface area contributed by atoms with Gasteiger partial charge in [-0.05, 0) is 0 Å². The molecular weight excluding hydrogens is 812 g/mol. The lowest BCUT2D eigenvalue weighted by Gasteiger charge is -2.23. The topological polar surface area (TPSA) is 411 Å². The fourth-order valence-electron chi connectivity index (χ4n) is 4.51. The van der Waals surface area contributed by atoms with Crippen molar-refractivity contribution in [2.75, 3.05) is 197 Å². The molecule has 0 rings (SSSR count). The summed E-state index contributed by atoms with van der Waals surface area (Å²) in [5.74, 6) is -4.91. The molecule has 0 saturated heterocycles. The molecule has 26 nitrogen and oxygen atoms in total. The molecule has 0 heterocycles. The Bertz CT molecular complexity index is 755. The Balaban J connectivity index is -0.000000219. The van der Waals surface area contributed by atoms with Crippen molar-refractivity contribution in [3.05, 3.63) is 0 Å². The molecule has 0 aliphatic carbocycles. The molecule has 0 aromatic rings. The first kappa shape index (κ1) is 66.3. The predicted molar refractivity (Wildman–Crippen MR) is 214 cm³/mol. The summed E-state index contributed by atoms with van der Waals surface area (Å²) < 4.78 is 0. The summed E-state index contributed by atoms with van der Waals surface area (Å²) in [6.07, 6.45) is 0. The second kappa shape index (κ2) is 52.3. The van der Waals surface area contributed by atoms with Crippen LogP contribution in [0.3, 0.4) is 0 Å². The van der Waals surface area contributed by atoms with Gasteiger partial charge in [0.15, 0.2) is 0 Å². The zero-order valence-electron chi connectivity index (χ0n) is 34.7. The second-order valence-corrected chi connectivity index (χ2v) is 12.0. The largest absolute Gasteiger partial charge is 0.480 e. The average Bonchev–Trinajstić information content (AvgIpc) is 3.15. The SMILES string of the molecule is O=C(O)CN(CCN(CC(=O)O)CC(=O)O)CC(=O)O.OCCN(CCO)CCO.OCCN(CCO)CCO.OCCN(CCO)CCO.OCCN(CCO)CCO. The maximum Gasteiger partial charge on any atom is 0.317 e. The van der Waals surface area contributed by atoms with Gasteiger partial charge in [0.2, 0.25) is 0 Å². The minimum absolute atomic E-state index is 0.0694. The lowest BCUT2D eigenvalue weighted by atomic mass is 10.4. The Morgan fingerprint density at radius 3 is 0.417 bits per heavy atom. The monoisotopic (exact) mass is 889 g/mol. The van der Waals surface area contributed by atoms with E-state index in [1.807, 2.05) is 0 Å². The van der Waals surface area contributed by atoms with Crippen LogP contribution in [0.1, 0.15) is 0 Å². The van der Waals surface area contributed by atoms with Crippen LogP contribution in [0.5, 0.6) is 0 Å². The number of hydrogen-bond donors (Lipinski definition) is 16. The highest BCUT2D eigenvalue weighted by Crippen LogP contribution is 1.94. The maximum absolute atomic E-state index is 10.6. The fourth-order valence-corrected chi connectivity index (χ4v) is 4.51. The van der Waals surface area contributed by atoms with Gasteiger partial charge in [-0.2, -0.15) is 0 Å². The summed E-state index contributed by atoms with van der Waals surface area (Å²) >= 11 is 0. The maximum atomic E-state index is 10.6. The van der Waals surface area contributed by atoms with Crippen LogP contribution in [0.2, 0.25) is 0 Å². The number of hydrogen-bond acceptors (Lipinski definition) is 22. The van der Waals surface area contributed by atoms with Crippen molar-refractivity contribution in [2.45, 2.75) is 0 Å². The second-order valence-electron chi connectivity index (χ2n) is 12.0. The van der Waals surface area contributed by atoms with Gasteiger partial charge in [0, 0.05) is 91.6 Å². The molecule has 0 atom stereocenters. The molecule has 362 valence electrons. The Hall–Kier alpha value is -2.84. The van der Waals surface area contributed by atoms with Gasteiger partial charge in [-0.3, -0.25) is 48.6 Å². The number of aliphatic hydroxyl groups is 12. The molecule has 26 heteroatoms. The van der Waals surface area contributed by atoms with Crippen LogP contribution in [0.4, 0.5) is 0 Å². The van der Waals surface area contributed by atoms with E-state index < -0.39 is 50.1 Å². The Kier molecular flexibility index (Phi) is 57.8. The summed E-state index contributed by atoms with van der Waals surface area (Å²) in [7, 11) is 0. The van der Waals surface area contributed by atoms with Gasteiger partial charge in [0.1, 0.15) is 0 Å². The molecule has 0 saturated carbocycles. The number of aliphatic carboxylic acids is 4. The molecule has 0 aromatic heterocycles. The molecule has 0 aromatic carbocycles. The molecule has 16 N–H and O–H groups in total. The van der Waals surface area contributed by atoms with Crippen molar-refractivity contribution in [1.82, 2.24) is 29.4 Å². The molecule has 0 spiro atoms. The number of carbonyl (C=O) groups is 4. The van der Waals surface area contributed by atoms with Crippen molar-refractivity contribution in [3.63, 3.8) is 0 Å². The highest BCUT2D eigenvalue weighted by atomic mass is 16.4. The summed E-state index contributed by atoms with van der Waals surface area (Å²) in [4.78, 5) is 51.5. The van der Waals surface area contributed by atoms with E-state index in [9.17, 15) is 19.2 Å². The normalized spacial score (nSPS) is 10.8. The summed E-state index contributed by atoms with van der Waals surface area (Å²) in [5, 5.41) is 136. The zero-order valence-corrected chi connectivity index (χ0v) is 34.7. The van der Waals surface area contributed by atoms with Crippen molar-refractivity contribution < 1.29 is 101 Å². The van der Waals surface area contributed by atoms with E-state index in [0.717, 1.165) is 9.80 Å². The first-order valence-electron chi connectivity index (χ1n) is 19.1. The minimum atomic E-state index is -1.23. The van der Waals surface area contributed by atoms with Crippen molar-refractivity contribution in [1.29, 1.82) is 0 Å². The van der Waals surface area contributed by atoms with Crippen molar-refractivity contribution in [3.8, 4) is 0 Å². The van der Waals surface area contributed by atoms with Crippen molar-refractivity contribution in [2.24, 2.45) is 0 Å². The first-order valence-corrected chi connectivity index (χ1v) is 19.1. The van der Waals surface area contributed by atoms with Gasteiger partial charge in [0.05, 0.1) is 105 Å². The number of nitrogens with zero attached hydrogens (tertiary/aromatic N) is 6. The summed E-state index contributed by atoms with van der Waals surface area (Å²) in [5.41, 5.74) is 0. The number of aliphatic hydroxyl groups excluding tert-OH is 12. The molecule has 60 heavy (non-hydrogen) atoms. The summed E-state index contributed by atoms with van der Waals surface area (Å²) in [6, 6.07) is 0. The molecule has 0 fully saturated rings. The zero-order chi connectivity index (χ0) is 47.0. The van der Waals surface area contributed by atoms with Gasteiger partial charge in [-0.1, -0.05) is 0 Å². The molecule has 0 radical (unpaired) electrons. The Morgan fingerprint density at radius 1 is 0.217 bits per heavy atom. The third kappa shape index (κ3) is 55.2. The average molecular weight is 889 g/mol. The highest BCUT2D eigenvalue weighted by Gasteiger charge is 2.18.